The molecule has 2 heterocycles. The molecular formula is C22H15F12N2O2-. The van der Waals surface area contributed by atoms with Gasteiger partial charge in [-0.15, -0.1) is 0 Å². The largest absolute Gasteiger partial charge is 0.545 e. The molecule has 1 fully saturated rings. The van der Waals surface area contributed by atoms with Gasteiger partial charge in [0.2, 0.25) is 0 Å². The number of alkyl halides is 12. The predicted molar refractivity (Wildman–Crippen MR) is 104 cm³/mol. The molecule has 1 unspecified atom stereocenters. The van der Waals surface area contributed by atoms with Gasteiger partial charge in [-0.05, 0) is 55.2 Å². The highest BCUT2D eigenvalue weighted by molar-refractivity contribution is 5.87. The Balaban J connectivity index is 1.94. The minimum Gasteiger partial charge on any atom is -0.545 e. The third-order valence-corrected chi connectivity index (χ3v) is 6.19. The summed E-state index contributed by atoms with van der Waals surface area (Å²) in [4.78, 5) is 14.9. The summed E-state index contributed by atoms with van der Waals surface area (Å²) >= 11 is 0. The number of rotatable bonds is 5. The average Bonchev–Trinajstić information content (AvgIpc) is 3.21. The number of aromatic nitrogens is 1. The Bertz CT molecular complexity index is 1170. The number of aromatic carboxylic acids is 1. The lowest BCUT2D eigenvalue weighted by molar-refractivity contribution is -0.256. The highest BCUT2D eigenvalue weighted by Gasteiger charge is 2.57. The molecule has 38 heavy (non-hydrogen) atoms. The first-order valence-electron chi connectivity index (χ1n) is 10.5. The molecule has 0 bridgehead atoms. The van der Waals surface area contributed by atoms with E-state index in [4.69, 9.17) is 0 Å². The quantitative estimate of drug-likeness (QED) is 0.423. The summed E-state index contributed by atoms with van der Waals surface area (Å²) in [5, 5.41) is 11.0. The standard InChI is InChI=1S/C22H16F12N2O2/c23-19(24,25)12-7-11(8-13(9-12)20(26,27)28)3-4-18(22(32,33)34)5-6-36(10-18)15-2-1-14(17(37)38)16(35-15)21(29,30)31/h1-2,7-9H,3-6,10H2,(H,37,38)/p-1. The smallest absolute Gasteiger partial charge is 0.434 e. The molecule has 0 spiro atoms. The van der Waals surface area contributed by atoms with E-state index in [1.165, 1.54) is 0 Å². The Kier molecular flexibility index (Phi) is 7.36. The molecule has 16 heteroatoms. The summed E-state index contributed by atoms with van der Waals surface area (Å²) in [5.74, 6) is -2.87. The van der Waals surface area contributed by atoms with E-state index in [-0.39, 0.29) is 6.07 Å². The van der Waals surface area contributed by atoms with Gasteiger partial charge in [0, 0.05) is 18.7 Å². The van der Waals surface area contributed by atoms with Crippen LogP contribution >= 0.6 is 0 Å². The molecule has 4 nitrogen and oxygen atoms in total. The van der Waals surface area contributed by atoms with Crippen molar-refractivity contribution in [3.63, 3.8) is 0 Å². The van der Waals surface area contributed by atoms with E-state index in [1.54, 1.807) is 0 Å². The van der Waals surface area contributed by atoms with Gasteiger partial charge in [0.15, 0.2) is 5.69 Å². The highest BCUT2D eigenvalue weighted by atomic mass is 19.4. The molecule has 0 aliphatic carbocycles. The lowest BCUT2D eigenvalue weighted by atomic mass is 9.80. The first-order valence-corrected chi connectivity index (χ1v) is 10.5. The number of carboxylic acids is 1. The topological polar surface area (TPSA) is 56.3 Å². The van der Waals surface area contributed by atoms with Gasteiger partial charge in [-0.2, -0.15) is 52.7 Å². The first-order chi connectivity index (χ1) is 17.1. The van der Waals surface area contributed by atoms with Crippen LogP contribution in [0.15, 0.2) is 30.3 Å². The lowest BCUT2D eigenvalue weighted by Gasteiger charge is -2.32. The molecule has 2 aromatic rings. The van der Waals surface area contributed by atoms with Crippen molar-refractivity contribution in [2.24, 2.45) is 5.41 Å². The first kappa shape index (κ1) is 29.4. The Morgan fingerprint density at radius 3 is 1.87 bits per heavy atom. The van der Waals surface area contributed by atoms with E-state index >= 15 is 0 Å². The van der Waals surface area contributed by atoms with Crippen LogP contribution in [0.2, 0.25) is 0 Å². The van der Waals surface area contributed by atoms with Gasteiger partial charge >= 0.3 is 24.7 Å². The Morgan fingerprint density at radius 1 is 0.868 bits per heavy atom. The number of carbonyl (C=O) groups is 1. The fraction of sp³-hybridized carbons (Fsp3) is 0.455. The van der Waals surface area contributed by atoms with E-state index in [0.29, 0.717) is 18.2 Å². The Hall–Kier alpha value is -3.20. The van der Waals surface area contributed by atoms with E-state index in [2.05, 4.69) is 4.98 Å². The van der Waals surface area contributed by atoms with Gasteiger partial charge in [0.1, 0.15) is 5.82 Å². The van der Waals surface area contributed by atoms with Crippen LogP contribution in [-0.4, -0.2) is 30.2 Å². The number of halogens is 12. The zero-order chi connectivity index (χ0) is 28.9. The molecule has 0 radical (unpaired) electrons. The zero-order valence-corrected chi connectivity index (χ0v) is 18.7. The Morgan fingerprint density at radius 2 is 1.42 bits per heavy atom. The van der Waals surface area contributed by atoms with Crippen LogP contribution in [0, 0.1) is 5.41 Å². The number of benzene rings is 1. The SMILES string of the molecule is O=C([O-])c1ccc(N2CCC(CCc3cc(C(F)(F)F)cc(C(F)(F)F)c3)(C(F)(F)F)C2)nc1C(F)(F)F. The summed E-state index contributed by atoms with van der Waals surface area (Å²) < 4.78 is 161. The van der Waals surface area contributed by atoms with Crippen molar-refractivity contribution in [3.8, 4) is 0 Å². The molecule has 1 aliphatic heterocycles. The predicted octanol–water partition coefficient (Wildman–Crippen LogP) is 5.89. The fourth-order valence-electron chi connectivity index (χ4n) is 4.20. The molecule has 0 N–H and O–H groups in total. The number of aryl methyl sites for hydroxylation is 1. The number of carboxylic acid groups (broad SMARTS) is 1. The number of hydrogen-bond acceptors (Lipinski definition) is 4. The molecule has 0 amide bonds. The van der Waals surface area contributed by atoms with Crippen LogP contribution in [0.5, 0.6) is 0 Å². The maximum absolute atomic E-state index is 14.1. The number of carbonyl (C=O) groups excluding carboxylic acids is 1. The van der Waals surface area contributed by atoms with Crippen LogP contribution in [0.1, 0.15) is 45.6 Å². The second-order valence-corrected chi connectivity index (χ2v) is 8.71. The summed E-state index contributed by atoms with van der Waals surface area (Å²) in [6.45, 7) is -1.54. The van der Waals surface area contributed by atoms with Crippen molar-refractivity contribution in [2.75, 3.05) is 18.0 Å². The van der Waals surface area contributed by atoms with Crippen molar-refractivity contribution in [2.45, 2.75) is 44.0 Å². The van der Waals surface area contributed by atoms with Crippen molar-refractivity contribution in [3.05, 3.63) is 58.3 Å². The van der Waals surface area contributed by atoms with Gasteiger partial charge in [0.25, 0.3) is 0 Å². The van der Waals surface area contributed by atoms with Gasteiger partial charge in [-0.25, -0.2) is 4.98 Å². The third-order valence-electron chi connectivity index (χ3n) is 6.19. The maximum atomic E-state index is 14.1. The summed E-state index contributed by atoms with van der Waals surface area (Å²) in [7, 11) is 0. The summed E-state index contributed by atoms with van der Waals surface area (Å²) in [6.07, 6.45) is -23.3. The van der Waals surface area contributed by atoms with E-state index < -0.39 is 102 Å². The number of pyridine rings is 1. The molecule has 1 aromatic carbocycles. The fourth-order valence-corrected chi connectivity index (χ4v) is 4.20. The third kappa shape index (κ3) is 6.09. The second-order valence-electron chi connectivity index (χ2n) is 8.71. The normalized spacial score (nSPS) is 19.2. The minimum atomic E-state index is -5.29. The minimum absolute atomic E-state index is 0.166. The number of nitrogens with zero attached hydrogens (tertiary/aromatic N) is 2. The van der Waals surface area contributed by atoms with Gasteiger partial charge in [-0.3, -0.25) is 0 Å². The highest BCUT2D eigenvalue weighted by Crippen LogP contribution is 2.50. The average molecular weight is 567 g/mol. The molecule has 1 aromatic heterocycles. The van der Waals surface area contributed by atoms with Crippen molar-refractivity contribution < 1.29 is 62.6 Å². The molecule has 210 valence electrons. The van der Waals surface area contributed by atoms with Crippen molar-refractivity contribution in [1.29, 1.82) is 0 Å². The number of anilines is 1. The second kappa shape index (κ2) is 9.52. The van der Waals surface area contributed by atoms with Crippen molar-refractivity contribution >= 4 is 11.8 Å². The molecule has 1 saturated heterocycles. The van der Waals surface area contributed by atoms with Gasteiger partial charge < -0.3 is 14.8 Å². The zero-order valence-electron chi connectivity index (χ0n) is 18.7. The molecule has 0 saturated carbocycles. The van der Waals surface area contributed by atoms with E-state index in [9.17, 15) is 62.6 Å². The molecule has 3 rings (SSSR count). The van der Waals surface area contributed by atoms with E-state index in [0.717, 1.165) is 11.0 Å². The van der Waals surface area contributed by atoms with Crippen LogP contribution in [0.4, 0.5) is 58.5 Å². The van der Waals surface area contributed by atoms with Crippen LogP contribution in [0.3, 0.4) is 0 Å². The van der Waals surface area contributed by atoms with E-state index in [1.807, 2.05) is 0 Å². The lowest BCUT2D eigenvalue weighted by Crippen LogP contribution is -2.41. The van der Waals surface area contributed by atoms with Crippen LogP contribution < -0.4 is 10.0 Å². The molecule has 1 atom stereocenters. The van der Waals surface area contributed by atoms with Gasteiger partial charge in [0.05, 0.1) is 22.5 Å². The number of hydrogen-bond donors (Lipinski definition) is 0. The van der Waals surface area contributed by atoms with Crippen LogP contribution in [0.25, 0.3) is 0 Å². The maximum Gasteiger partial charge on any atom is 0.434 e. The molecular weight excluding hydrogens is 552 g/mol. The molecule has 1 aliphatic rings. The Labute approximate surface area is 205 Å². The summed E-state index contributed by atoms with van der Waals surface area (Å²) in [6, 6.07) is 1.66. The monoisotopic (exact) mass is 567 g/mol. The van der Waals surface area contributed by atoms with Crippen LogP contribution in [-0.2, 0) is 24.9 Å². The van der Waals surface area contributed by atoms with Crippen molar-refractivity contribution in [1.82, 2.24) is 4.98 Å². The van der Waals surface area contributed by atoms with Gasteiger partial charge in [-0.1, -0.05) is 0 Å². The summed E-state index contributed by atoms with van der Waals surface area (Å²) in [5.41, 5.74) is -10.0.